The topological polar surface area (TPSA) is 79.4 Å². The van der Waals surface area contributed by atoms with Gasteiger partial charge in [-0.3, -0.25) is 15.0 Å². The molecule has 0 aliphatic carbocycles. The molecule has 7 heteroatoms. The van der Waals surface area contributed by atoms with Crippen LogP contribution in [0.3, 0.4) is 0 Å². The van der Waals surface area contributed by atoms with Crippen LogP contribution in [-0.4, -0.2) is 41.7 Å². The van der Waals surface area contributed by atoms with E-state index in [-0.39, 0.29) is 5.00 Å². The van der Waals surface area contributed by atoms with Crippen molar-refractivity contribution in [3.8, 4) is 6.07 Å². The van der Waals surface area contributed by atoms with E-state index < -0.39 is 10.5 Å². The number of nitrogens with zero attached hydrogens (tertiary/aromatic N) is 3. The molecule has 0 amide bonds. The van der Waals surface area contributed by atoms with E-state index in [4.69, 9.17) is 4.74 Å². The van der Waals surface area contributed by atoms with Crippen molar-refractivity contribution in [2.24, 2.45) is 0 Å². The number of morpholine rings is 1. The highest BCUT2D eigenvalue weighted by Gasteiger charge is 2.34. The third-order valence-electron chi connectivity index (χ3n) is 3.30. The lowest BCUT2D eigenvalue weighted by Crippen LogP contribution is -2.52. The average molecular weight is 281 g/mol. The van der Waals surface area contributed by atoms with Crippen molar-refractivity contribution in [2.75, 3.05) is 26.3 Å². The molecule has 2 heterocycles. The Morgan fingerprint density at radius 3 is 2.79 bits per heavy atom. The van der Waals surface area contributed by atoms with Crippen LogP contribution in [0.4, 0.5) is 5.00 Å². The Balaban J connectivity index is 2.12. The number of thiophene rings is 1. The maximum absolute atomic E-state index is 10.7. The minimum absolute atomic E-state index is 0.122. The fraction of sp³-hybridized carbons (Fsp3) is 0.583. The van der Waals surface area contributed by atoms with Crippen molar-refractivity contribution in [2.45, 2.75) is 18.9 Å². The summed E-state index contributed by atoms with van der Waals surface area (Å²) in [7, 11) is 0. The van der Waals surface area contributed by atoms with Crippen LogP contribution in [0.2, 0.25) is 0 Å². The number of nitriles is 1. The Labute approximate surface area is 115 Å². The number of nitro groups is 1. The Morgan fingerprint density at radius 1 is 1.58 bits per heavy atom. The van der Waals surface area contributed by atoms with Crippen molar-refractivity contribution in [1.82, 2.24) is 4.90 Å². The zero-order chi connectivity index (χ0) is 13.9. The van der Waals surface area contributed by atoms with Crippen molar-refractivity contribution in [3.63, 3.8) is 0 Å². The minimum Gasteiger partial charge on any atom is -0.379 e. The molecule has 1 saturated heterocycles. The fourth-order valence-corrected chi connectivity index (χ4v) is 3.15. The molecule has 0 bridgehead atoms. The van der Waals surface area contributed by atoms with Gasteiger partial charge in [0.15, 0.2) is 0 Å². The monoisotopic (exact) mass is 281 g/mol. The van der Waals surface area contributed by atoms with Crippen molar-refractivity contribution in [3.05, 3.63) is 27.1 Å². The average Bonchev–Trinajstić information content (AvgIpc) is 2.88. The van der Waals surface area contributed by atoms with Crippen LogP contribution >= 0.6 is 11.3 Å². The SMILES string of the molecule is CC(C#N)(Cc1ccc([N+](=O)[O-])s1)N1CCOCC1. The third-order valence-corrected chi connectivity index (χ3v) is 4.33. The molecule has 1 unspecified atom stereocenters. The second-order valence-corrected chi connectivity index (χ2v) is 5.81. The van der Waals surface area contributed by atoms with Crippen LogP contribution in [-0.2, 0) is 11.2 Å². The van der Waals surface area contributed by atoms with Gasteiger partial charge < -0.3 is 4.74 Å². The lowest BCUT2D eigenvalue weighted by molar-refractivity contribution is -0.380. The molecule has 0 aromatic carbocycles. The highest BCUT2D eigenvalue weighted by atomic mass is 32.1. The summed E-state index contributed by atoms with van der Waals surface area (Å²) < 4.78 is 5.29. The van der Waals surface area contributed by atoms with Gasteiger partial charge in [-0.05, 0) is 13.0 Å². The Kier molecular flexibility index (Phi) is 4.14. The summed E-state index contributed by atoms with van der Waals surface area (Å²) in [6.45, 7) is 4.57. The normalized spacial score (nSPS) is 19.6. The van der Waals surface area contributed by atoms with E-state index in [1.54, 1.807) is 6.07 Å². The maximum atomic E-state index is 10.7. The number of hydrogen-bond acceptors (Lipinski definition) is 6. The molecule has 0 radical (unpaired) electrons. The van der Waals surface area contributed by atoms with Crippen molar-refractivity contribution in [1.29, 1.82) is 5.26 Å². The van der Waals surface area contributed by atoms with Gasteiger partial charge in [-0.25, -0.2) is 0 Å². The van der Waals surface area contributed by atoms with Gasteiger partial charge in [0.05, 0.1) is 24.2 Å². The van der Waals surface area contributed by atoms with E-state index in [9.17, 15) is 15.4 Å². The molecule has 1 aromatic heterocycles. The molecule has 1 fully saturated rings. The molecule has 19 heavy (non-hydrogen) atoms. The Hall–Kier alpha value is -1.49. The van der Waals surface area contributed by atoms with Gasteiger partial charge in [-0.15, -0.1) is 0 Å². The first-order valence-corrected chi connectivity index (χ1v) is 6.84. The van der Waals surface area contributed by atoms with E-state index in [0.29, 0.717) is 19.6 Å². The van der Waals surface area contributed by atoms with Crippen LogP contribution in [0.1, 0.15) is 11.8 Å². The molecule has 102 valence electrons. The third kappa shape index (κ3) is 3.10. The number of ether oxygens (including phenoxy) is 1. The van der Waals surface area contributed by atoms with E-state index in [1.165, 1.54) is 6.07 Å². The van der Waals surface area contributed by atoms with Crippen molar-refractivity contribution >= 4 is 16.3 Å². The van der Waals surface area contributed by atoms with Crippen LogP contribution in [0.25, 0.3) is 0 Å². The molecule has 1 aromatic rings. The molecule has 1 aliphatic rings. The summed E-state index contributed by atoms with van der Waals surface area (Å²) in [5, 5.41) is 20.3. The largest absolute Gasteiger partial charge is 0.379 e. The first-order valence-electron chi connectivity index (χ1n) is 6.02. The highest BCUT2D eigenvalue weighted by molar-refractivity contribution is 7.15. The molecule has 0 spiro atoms. The molecular weight excluding hydrogens is 266 g/mol. The quantitative estimate of drug-likeness (QED) is 0.621. The lowest BCUT2D eigenvalue weighted by atomic mass is 9.96. The van der Waals surface area contributed by atoms with Crippen LogP contribution in [0, 0.1) is 21.4 Å². The van der Waals surface area contributed by atoms with Gasteiger partial charge in [0.2, 0.25) is 0 Å². The fourth-order valence-electron chi connectivity index (χ4n) is 2.18. The Morgan fingerprint density at radius 2 is 2.26 bits per heavy atom. The Bertz CT molecular complexity index is 505. The van der Waals surface area contributed by atoms with Gasteiger partial charge >= 0.3 is 5.00 Å². The molecule has 2 rings (SSSR count). The molecule has 6 nitrogen and oxygen atoms in total. The summed E-state index contributed by atoms with van der Waals surface area (Å²) in [5.41, 5.74) is -0.636. The van der Waals surface area contributed by atoms with Gasteiger partial charge in [-0.2, -0.15) is 5.26 Å². The second kappa shape index (κ2) is 5.65. The number of rotatable bonds is 4. The lowest BCUT2D eigenvalue weighted by Gasteiger charge is -2.38. The highest BCUT2D eigenvalue weighted by Crippen LogP contribution is 2.29. The smallest absolute Gasteiger partial charge is 0.324 e. The summed E-state index contributed by atoms with van der Waals surface area (Å²) in [6.07, 6.45) is 0.502. The summed E-state index contributed by atoms with van der Waals surface area (Å²) >= 11 is 1.14. The van der Waals surface area contributed by atoms with E-state index in [0.717, 1.165) is 29.3 Å². The first-order chi connectivity index (χ1) is 9.05. The maximum Gasteiger partial charge on any atom is 0.324 e. The molecule has 0 N–H and O–H groups in total. The van der Waals surface area contributed by atoms with Gasteiger partial charge in [0.1, 0.15) is 5.54 Å². The van der Waals surface area contributed by atoms with Crippen molar-refractivity contribution < 1.29 is 9.66 Å². The molecule has 1 aliphatic heterocycles. The molecule has 1 atom stereocenters. The van der Waals surface area contributed by atoms with Gasteiger partial charge in [0, 0.05) is 30.5 Å². The standard InChI is InChI=1S/C12H15N3O3S/c1-12(9-13,14-4-6-18-7-5-14)8-10-2-3-11(19-10)15(16)17/h2-3H,4-8H2,1H3. The van der Waals surface area contributed by atoms with Crippen LogP contribution in [0.15, 0.2) is 12.1 Å². The summed E-state index contributed by atoms with van der Waals surface area (Å²) in [4.78, 5) is 13.2. The summed E-state index contributed by atoms with van der Waals surface area (Å²) in [6, 6.07) is 5.57. The van der Waals surface area contributed by atoms with Crippen LogP contribution in [0.5, 0.6) is 0 Å². The molecule has 0 saturated carbocycles. The van der Waals surface area contributed by atoms with E-state index in [1.807, 2.05) is 6.92 Å². The van der Waals surface area contributed by atoms with E-state index in [2.05, 4.69) is 11.0 Å². The first kappa shape index (κ1) is 13.9. The zero-order valence-electron chi connectivity index (χ0n) is 10.7. The van der Waals surface area contributed by atoms with Gasteiger partial charge in [-0.1, -0.05) is 11.3 Å². The van der Waals surface area contributed by atoms with E-state index >= 15 is 0 Å². The van der Waals surface area contributed by atoms with Crippen LogP contribution < -0.4 is 0 Å². The second-order valence-electron chi connectivity index (χ2n) is 4.66. The zero-order valence-corrected chi connectivity index (χ0v) is 11.5. The number of hydrogen-bond donors (Lipinski definition) is 0. The predicted octanol–water partition coefficient (Wildman–Crippen LogP) is 1.81. The molecular formula is C12H15N3O3S. The van der Waals surface area contributed by atoms with Gasteiger partial charge in [0.25, 0.3) is 0 Å². The predicted molar refractivity (Wildman–Crippen MR) is 71.1 cm³/mol. The minimum atomic E-state index is -0.636. The summed E-state index contributed by atoms with van der Waals surface area (Å²) in [5.74, 6) is 0.